The molecule has 0 bridgehead atoms. The van der Waals surface area contributed by atoms with Crippen LogP contribution in [0.2, 0.25) is 0 Å². The van der Waals surface area contributed by atoms with Crippen LogP contribution >= 0.6 is 0 Å². The predicted molar refractivity (Wildman–Crippen MR) is 86.0 cm³/mol. The lowest BCUT2D eigenvalue weighted by atomic mass is 10.1. The van der Waals surface area contributed by atoms with Crippen molar-refractivity contribution >= 4 is 0 Å². The summed E-state index contributed by atoms with van der Waals surface area (Å²) in [5.74, 6) is 1.81. The lowest BCUT2D eigenvalue weighted by Gasteiger charge is -2.17. The van der Waals surface area contributed by atoms with E-state index < -0.39 is 0 Å². The van der Waals surface area contributed by atoms with Crippen molar-refractivity contribution < 1.29 is 9.47 Å². The molecule has 0 amide bonds. The molecule has 0 fully saturated rings. The summed E-state index contributed by atoms with van der Waals surface area (Å²) in [6.07, 6.45) is 1.04. The monoisotopic (exact) mass is 285 g/mol. The third-order valence-electron chi connectivity index (χ3n) is 3.55. The van der Waals surface area contributed by atoms with Crippen LogP contribution in [-0.4, -0.2) is 32.7 Å². The molecular weight excluding hydrogens is 262 g/mol. The van der Waals surface area contributed by atoms with Gasteiger partial charge in [0.1, 0.15) is 11.5 Å². The van der Waals surface area contributed by atoms with Crippen molar-refractivity contribution in [2.24, 2.45) is 0 Å². The van der Waals surface area contributed by atoms with Gasteiger partial charge in [0.25, 0.3) is 0 Å². The number of methoxy groups -OCH3 is 2. The number of hydrogen-bond donors (Lipinski definition) is 0. The number of benzene rings is 2. The third-order valence-corrected chi connectivity index (χ3v) is 3.55. The standard InChI is InChI=1S/C18H23NO2/c1-19(14-16-6-10-18(21-3)11-7-16)13-12-15-4-8-17(20-2)9-5-15/h4-11H,12-14H2,1-3H3. The van der Waals surface area contributed by atoms with Crippen LogP contribution in [0, 0.1) is 0 Å². The van der Waals surface area contributed by atoms with E-state index in [1.54, 1.807) is 14.2 Å². The molecule has 0 unspecified atom stereocenters. The maximum Gasteiger partial charge on any atom is 0.118 e. The van der Waals surface area contributed by atoms with Gasteiger partial charge < -0.3 is 14.4 Å². The average Bonchev–Trinajstić information content (AvgIpc) is 2.54. The molecule has 0 spiro atoms. The Balaban J connectivity index is 1.81. The Morgan fingerprint density at radius 1 is 0.762 bits per heavy atom. The molecule has 0 N–H and O–H groups in total. The fourth-order valence-corrected chi connectivity index (χ4v) is 2.23. The fourth-order valence-electron chi connectivity index (χ4n) is 2.23. The first-order chi connectivity index (χ1) is 10.2. The first-order valence-electron chi connectivity index (χ1n) is 7.15. The van der Waals surface area contributed by atoms with Gasteiger partial charge in [-0.15, -0.1) is 0 Å². The zero-order valence-corrected chi connectivity index (χ0v) is 13.0. The number of rotatable bonds is 7. The summed E-state index contributed by atoms with van der Waals surface area (Å²) in [6, 6.07) is 16.5. The van der Waals surface area contributed by atoms with Crippen molar-refractivity contribution in [3.63, 3.8) is 0 Å². The number of ether oxygens (including phenoxy) is 2. The Morgan fingerprint density at radius 3 is 1.71 bits per heavy atom. The van der Waals surface area contributed by atoms with Crippen LogP contribution in [-0.2, 0) is 13.0 Å². The highest BCUT2D eigenvalue weighted by molar-refractivity contribution is 5.28. The molecule has 0 saturated heterocycles. The first kappa shape index (κ1) is 15.4. The molecule has 0 aliphatic rings. The summed E-state index contributed by atoms with van der Waals surface area (Å²) >= 11 is 0. The number of hydrogen-bond acceptors (Lipinski definition) is 3. The van der Waals surface area contributed by atoms with E-state index in [1.807, 2.05) is 24.3 Å². The SMILES string of the molecule is COc1ccc(CCN(C)Cc2ccc(OC)cc2)cc1. The summed E-state index contributed by atoms with van der Waals surface area (Å²) in [5.41, 5.74) is 2.63. The van der Waals surface area contributed by atoms with Gasteiger partial charge in [-0.1, -0.05) is 24.3 Å². The molecule has 2 aromatic rings. The summed E-state index contributed by atoms with van der Waals surface area (Å²) < 4.78 is 10.3. The normalized spacial score (nSPS) is 10.7. The van der Waals surface area contributed by atoms with E-state index in [1.165, 1.54) is 11.1 Å². The number of likely N-dealkylation sites (N-methyl/N-ethyl adjacent to an activating group) is 1. The van der Waals surface area contributed by atoms with Gasteiger partial charge in [0.05, 0.1) is 14.2 Å². The minimum absolute atomic E-state index is 0.902. The molecule has 0 aliphatic carbocycles. The Morgan fingerprint density at radius 2 is 1.24 bits per heavy atom. The molecule has 112 valence electrons. The maximum atomic E-state index is 5.17. The van der Waals surface area contributed by atoms with E-state index in [9.17, 15) is 0 Å². The fraction of sp³-hybridized carbons (Fsp3) is 0.333. The topological polar surface area (TPSA) is 21.7 Å². The Bertz CT molecular complexity index is 534. The third kappa shape index (κ3) is 4.80. The summed E-state index contributed by atoms with van der Waals surface area (Å²) in [5, 5.41) is 0. The van der Waals surface area contributed by atoms with Crippen molar-refractivity contribution in [1.82, 2.24) is 4.90 Å². The molecule has 0 radical (unpaired) electrons. The van der Waals surface area contributed by atoms with Gasteiger partial charge in [-0.25, -0.2) is 0 Å². The molecule has 0 heterocycles. The minimum Gasteiger partial charge on any atom is -0.497 e. The van der Waals surface area contributed by atoms with Crippen molar-refractivity contribution in [3.8, 4) is 11.5 Å². The molecule has 0 saturated carbocycles. The zero-order valence-electron chi connectivity index (χ0n) is 13.0. The van der Waals surface area contributed by atoms with Gasteiger partial charge >= 0.3 is 0 Å². The smallest absolute Gasteiger partial charge is 0.118 e. The van der Waals surface area contributed by atoms with Crippen LogP contribution in [0.1, 0.15) is 11.1 Å². The van der Waals surface area contributed by atoms with E-state index in [-0.39, 0.29) is 0 Å². The quantitative estimate of drug-likeness (QED) is 0.778. The summed E-state index contributed by atoms with van der Waals surface area (Å²) in [4.78, 5) is 2.33. The molecule has 21 heavy (non-hydrogen) atoms. The zero-order chi connectivity index (χ0) is 15.1. The van der Waals surface area contributed by atoms with Crippen molar-refractivity contribution in [3.05, 3.63) is 59.7 Å². The molecule has 2 rings (SSSR count). The molecule has 0 atom stereocenters. The van der Waals surface area contributed by atoms with Crippen LogP contribution in [0.5, 0.6) is 11.5 Å². The summed E-state index contributed by atoms with van der Waals surface area (Å²) in [6.45, 7) is 1.97. The summed E-state index contributed by atoms with van der Waals surface area (Å²) in [7, 11) is 5.53. The van der Waals surface area contributed by atoms with Crippen molar-refractivity contribution in [2.45, 2.75) is 13.0 Å². The van der Waals surface area contributed by atoms with Crippen LogP contribution in [0.3, 0.4) is 0 Å². The Kier molecular flexibility index (Phi) is 5.64. The highest BCUT2D eigenvalue weighted by Crippen LogP contribution is 2.14. The lowest BCUT2D eigenvalue weighted by molar-refractivity contribution is 0.331. The van der Waals surface area contributed by atoms with Gasteiger partial charge in [0.2, 0.25) is 0 Å². The highest BCUT2D eigenvalue weighted by Gasteiger charge is 2.02. The largest absolute Gasteiger partial charge is 0.497 e. The van der Waals surface area contributed by atoms with E-state index in [2.05, 4.69) is 36.2 Å². The van der Waals surface area contributed by atoms with E-state index in [4.69, 9.17) is 9.47 Å². The van der Waals surface area contributed by atoms with Gasteiger partial charge in [-0.3, -0.25) is 0 Å². The van der Waals surface area contributed by atoms with E-state index in [0.29, 0.717) is 0 Å². The highest BCUT2D eigenvalue weighted by atomic mass is 16.5. The second kappa shape index (κ2) is 7.70. The molecule has 0 aromatic heterocycles. The first-order valence-corrected chi connectivity index (χ1v) is 7.15. The molecule has 2 aromatic carbocycles. The molecule has 3 nitrogen and oxygen atoms in total. The Labute approximate surface area is 127 Å². The van der Waals surface area contributed by atoms with Crippen LogP contribution in [0.4, 0.5) is 0 Å². The lowest BCUT2D eigenvalue weighted by Crippen LogP contribution is -2.20. The van der Waals surface area contributed by atoms with Crippen molar-refractivity contribution in [1.29, 1.82) is 0 Å². The molecule has 3 heteroatoms. The molecular formula is C18H23NO2. The number of nitrogens with zero attached hydrogens (tertiary/aromatic N) is 1. The second-order valence-electron chi connectivity index (χ2n) is 5.18. The second-order valence-corrected chi connectivity index (χ2v) is 5.18. The van der Waals surface area contributed by atoms with Crippen molar-refractivity contribution in [2.75, 3.05) is 27.8 Å². The maximum absolute atomic E-state index is 5.17. The van der Waals surface area contributed by atoms with Gasteiger partial charge in [0.15, 0.2) is 0 Å². The van der Waals surface area contributed by atoms with Gasteiger partial charge in [0, 0.05) is 13.1 Å². The van der Waals surface area contributed by atoms with Gasteiger partial charge in [-0.05, 0) is 48.9 Å². The van der Waals surface area contributed by atoms with E-state index >= 15 is 0 Å². The Hall–Kier alpha value is -2.00. The average molecular weight is 285 g/mol. The molecule has 0 aliphatic heterocycles. The van der Waals surface area contributed by atoms with Crippen LogP contribution in [0.25, 0.3) is 0 Å². The van der Waals surface area contributed by atoms with Crippen LogP contribution < -0.4 is 9.47 Å². The minimum atomic E-state index is 0.902. The van der Waals surface area contributed by atoms with Crippen LogP contribution in [0.15, 0.2) is 48.5 Å². The predicted octanol–water partition coefficient (Wildman–Crippen LogP) is 3.38. The van der Waals surface area contributed by atoms with Gasteiger partial charge in [-0.2, -0.15) is 0 Å². The van der Waals surface area contributed by atoms with E-state index in [0.717, 1.165) is 31.0 Å².